The Labute approximate surface area is 182 Å². The number of thioether (sulfide) groups is 1. The van der Waals surface area contributed by atoms with Gasteiger partial charge in [-0.2, -0.15) is 0 Å². The molecule has 0 saturated carbocycles. The average molecular weight is 437 g/mol. The molecule has 0 aromatic heterocycles. The molecule has 2 amide bonds. The lowest BCUT2D eigenvalue weighted by atomic mass is 9.94. The van der Waals surface area contributed by atoms with Gasteiger partial charge >= 0.3 is 0 Å². The Morgan fingerprint density at radius 3 is 2.40 bits per heavy atom. The van der Waals surface area contributed by atoms with Crippen LogP contribution in [0, 0.1) is 0 Å². The highest BCUT2D eigenvalue weighted by Gasteiger charge is 2.32. The summed E-state index contributed by atoms with van der Waals surface area (Å²) in [5.41, 5.74) is 2.47. The lowest BCUT2D eigenvalue weighted by Gasteiger charge is -2.29. The van der Waals surface area contributed by atoms with E-state index in [4.69, 9.17) is 16.3 Å². The van der Waals surface area contributed by atoms with E-state index in [0.29, 0.717) is 10.7 Å². The van der Waals surface area contributed by atoms with Crippen LogP contribution in [-0.2, 0) is 9.59 Å². The van der Waals surface area contributed by atoms with Crippen molar-refractivity contribution in [3.8, 4) is 11.5 Å². The molecule has 3 aromatic rings. The lowest BCUT2D eigenvalue weighted by molar-refractivity contribution is -0.124. The summed E-state index contributed by atoms with van der Waals surface area (Å²) in [4.78, 5) is 26.4. The first kappa shape index (κ1) is 19.0. The molecule has 1 atom stereocenters. The molecule has 3 aromatic carbocycles. The van der Waals surface area contributed by atoms with E-state index in [0.717, 1.165) is 27.5 Å². The minimum Gasteiger partial charge on any atom is -0.457 e. The maximum atomic E-state index is 12.9. The molecule has 0 saturated heterocycles. The zero-order valence-corrected chi connectivity index (χ0v) is 17.3. The Balaban J connectivity index is 1.36. The van der Waals surface area contributed by atoms with Crippen LogP contribution in [0.3, 0.4) is 0 Å². The molecule has 30 heavy (non-hydrogen) atoms. The van der Waals surface area contributed by atoms with Crippen LogP contribution in [0.15, 0.2) is 71.6 Å². The average Bonchev–Trinajstić information content (AvgIpc) is 2.74. The van der Waals surface area contributed by atoms with Gasteiger partial charge in [0.15, 0.2) is 0 Å². The molecular weight excluding hydrogens is 420 g/mol. The summed E-state index contributed by atoms with van der Waals surface area (Å²) >= 11 is 7.38. The number of anilines is 1. The summed E-state index contributed by atoms with van der Waals surface area (Å²) in [7, 11) is 0. The highest BCUT2D eigenvalue weighted by Crippen LogP contribution is 2.43. The fraction of sp³-hybridized carbons (Fsp3) is 0.130. The zero-order valence-electron chi connectivity index (χ0n) is 15.7. The van der Waals surface area contributed by atoms with Gasteiger partial charge in [-0.3, -0.25) is 9.59 Å². The molecule has 7 heteroatoms. The third-order valence-corrected chi connectivity index (χ3v) is 6.63. The Hall–Kier alpha value is -2.96. The van der Waals surface area contributed by atoms with Crippen LogP contribution in [0.5, 0.6) is 11.5 Å². The number of nitrogens with one attached hydrogen (secondary N) is 2. The normalized spacial score (nSPS) is 17.1. The molecule has 0 aliphatic carbocycles. The van der Waals surface area contributed by atoms with Crippen molar-refractivity contribution in [3.63, 3.8) is 0 Å². The molecule has 0 bridgehead atoms. The van der Waals surface area contributed by atoms with Crippen molar-refractivity contribution < 1.29 is 14.3 Å². The van der Waals surface area contributed by atoms with Gasteiger partial charge in [-0.1, -0.05) is 48.0 Å². The van der Waals surface area contributed by atoms with Crippen LogP contribution >= 0.6 is 23.4 Å². The number of para-hydroxylation sites is 2. The van der Waals surface area contributed by atoms with Crippen molar-refractivity contribution in [1.82, 2.24) is 5.32 Å². The van der Waals surface area contributed by atoms with Crippen LogP contribution in [0.25, 0.3) is 0 Å². The maximum absolute atomic E-state index is 12.9. The number of halogens is 1. The predicted molar refractivity (Wildman–Crippen MR) is 117 cm³/mol. The topological polar surface area (TPSA) is 67.4 Å². The van der Waals surface area contributed by atoms with Crippen molar-refractivity contribution in [2.24, 2.45) is 0 Å². The van der Waals surface area contributed by atoms with Crippen LogP contribution in [0.2, 0.25) is 5.02 Å². The number of rotatable bonds is 3. The molecule has 0 radical (unpaired) electrons. The molecule has 0 spiro atoms. The summed E-state index contributed by atoms with van der Waals surface area (Å²) in [5.74, 6) is 1.04. The van der Waals surface area contributed by atoms with Gasteiger partial charge in [-0.25, -0.2) is 0 Å². The monoisotopic (exact) mass is 436 g/mol. The summed E-state index contributed by atoms with van der Waals surface area (Å²) in [6.07, 6.45) is 0.0697. The van der Waals surface area contributed by atoms with Crippen molar-refractivity contribution >= 4 is 40.9 Å². The van der Waals surface area contributed by atoms with E-state index in [2.05, 4.69) is 10.6 Å². The number of fused-ring (bicyclic) bond motifs is 3. The van der Waals surface area contributed by atoms with Gasteiger partial charge in [-0.15, -0.1) is 11.8 Å². The molecule has 5 nitrogen and oxygen atoms in total. The Morgan fingerprint density at radius 2 is 1.70 bits per heavy atom. The number of hydrogen-bond donors (Lipinski definition) is 2. The van der Waals surface area contributed by atoms with Crippen molar-refractivity contribution in [2.75, 3.05) is 5.32 Å². The number of benzene rings is 3. The minimum absolute atomic E-state index is 0.0697. The zero-order chi connectivity index (χ0) is 20.7. The molecular formula is C23H17ClN2O3S. The number of carbonyl (C=O) groups is 2. The predicted octanol–water partition coefficient (Wildman–Crippen LogP) is 5.15. The number of carbonyl (C=O) groups excluding carboxylic acids is 2. The second-order valence-electron chi connectivity index (χ2n) is 7.12. The van der Waals surface area contributed by atoms with E-state index in [1.807, 2.05) is 54.6 Å². The standard InChI is InChI=1S/C23H17ClN2O3S/c24-13-9-10-19-16(11-13)25-23(28)20(30-19)12-21(27)26-22-14-5-1-3-7-17(14)29-18-8-4-2-6-15(18)22/h1-11,20,22H,12H2,(H,25,28)(H,26,27). The maximum Gasteiger partial charge on any atom is 0.238 e. The Bertz CT molecular complexity index is 1120. The summed E-state index contributed by atoms with van der Waals surface area (Å²) in [6, 6.07) is 20.3. The van der Waals surface area contributed by atoms with Gasteiger partial charge in [0.2, 0.25) is 11.8 Å². The molecule has 2 aliphatic rings. The third kappa shape index (κ3) is 3.53. The van der Waals surface area contributed by atoms with E-state index >= 15 is 0 Å². The molecule has 1 unspecified atom stereocenters. The first-order chi connectivity index (χ1) is 14.6. The lowest BCUT2D eigenvalue weighted by Crippen LogP contribution is -2.37. The summed E-state index contributed by atoms with van der Waals surface area (Å²) < 4.78 is 5.97. The highest BCUT2D eigenvalue weighted by atomic mass is 35.5. The van der Waals surface area contributed by atoms with Crippen LogP contribution in [0.1, 0.15) is 23.6 Å². The van der Waals surface area contributed by atoms with Gasteiger partial charge < -0.3 is 15.4 Å². The summed E-state index contributed by atoms with van der Waals surface area (Å²) in [5, 5.41) is 5.99. The Morgan fingerprint density at radius 1 is 1.03 bits per heavy atom. The van der Waals surface area contributed by atoms with E-state index in [1.165, 1.54) is 11.8 Å². The van der Waals surface area contributed by atoms with Crippen LogP contribution in [-0.4, -0.2) is 17.1 Å². The molecule has 0 fully saturated rings. The first-order valence-electron chi connectivity index (χ1n) is 9.50. The quantitative estimate of drug-likeness (QED) is 0.595. The second kappa shape index (κ2) is 7.70. The largest absolute Gasteiger partial charge is 0.457 e. The van der Waals surface area contributed by atoms with Gasteiger partial charge in [0.05, 0.1) is 17.0 Å². The van der Waals surface area contributed by atoms with Crippen molar-refractivity contribution in [1.29, 1.82) is 0 Å². The van der Waals surface area contributed by atoms with E-state index in [-0.39, 0.29) is 24.3 Å². The third-order valence-electron chi connectivity index (χ3n) is 5.12. The molecule has 2 N–H and O–H groups in total. The van der Waals surface area contributed by atoms with Gasteiger partial charge in [0.25, 0.3) is 0 Å². The van der Waals surface area contributed by atoms with E-state index in [1.54, 1.807) is 12.1 Å². The van der Waals surface area contributed by atoms with Crippen LogP contribution in [0.4, 0.5) is 5.69 Å². The number of hydrogen-bond acceptors (Lipinski definition) is 4. The van der Waals surface area contributed by atoms with Gasteiger partial charge in [0, 0.05) is 27.5 Å². The SMILES string of the molecule is O=C(CC1Sc2ccc(Cl)cc2NC1=O)NC1c2ccccc2Oc2ccccc21. The number of ether oxygens (including phenoxy) is 1. The molecule has 2 aliphatic heterocycles. The minimum atomic E-state index is -0.510. The van der Waals surface area contributed by atoms with Crippen LogP contribution < -0.4 is 15.4 Å². The Kier molecular flexibility index (Phi) is 4.89. The van der Waals surface area contributed by atoms with E-state index in [9.17, 15) is 9.59 Å². The smallest absolute Gasteiger partial charge is 0.238 e. The van der Waals surface area contributed by atoms with Gasteiger partial charge in [0.1, 0.15) is 11.5 Å². The van der Waals surface area contributed by atoms with E-state index < -0.39 is 5.25 Å². The highest BCUT2D eigenvalue weighted by molar-refractivity contribution is 8.01. The second-order valence-corrected chi connectivity index (χ2v) is 8.80. The fourth-order valence-corrected chi connectivity index (χ4v) is 4.97. The molecule has 2 heterocycles. The first-order valence-corrected chi connectivity index (χ1v) is 10.8. The number of amides is 2. The molecule has 5 rings (SSSR count). The summed E-state index contributed by atoms with van der Waals surface area (Å²) in [6.45, 7) is 0. The van der Waals surface area contributed by atoms with Gasteiger partial charge in [-0.05, 0) is 30.3 Å². The molecule has 150 valence electrons. The fourth-order valence-electron chi connectivity index (χ4n) is 3.71. The van der Waals surface area contributed by atoms with Crippen molar-refractivity contribution in [3.05, 3.63) is 82.9 Å². The van der Waals surface area contributed by atoms with Crippen molar-refractivity contribution in [2.45, 2.75) is 22.6 Å².